The number of hydrogen-bond acceptors (Lipinski definition) is 3. The number of nitrogens with zero attached hydrogens (tertiary/aromatic N) is 1. The zero-order chi connectivity index (χ0) is 15.1. The summed E-state index contributed by atoms with van der Waals surface area (Å²) in [6.07, 6.45) is 4.81. The van der Waals surface area contributed by atoms with Crippen molar-refractivity contribution in [2.75, 3.05) is 31.7 Å². The highest BCUT2D eigenvalue weighted by Gasteiger charge is 2.20. The second-order valence-electron chi connectivity index (χ2n) is 5.85. The third-order valence-corrected chi connectivity index (χ3v) is 4.19. The minimum absolute atomic E-state index is 0.102. The number of hydrogen-bond donors (Lipinski definition) is 1. The van der Waals surface area contributed by atoms with Crippen LogP contribution < -0.4 is 10.2 Å². The maximum Gasteiger partial charge on any atom is 0.146 e. The maximum atomic E-state index is 14.4. The van der Waals surface area contributed by atoms with E-state index in [2.05, 4.69) is 17.1 Å². The first-order valence-electron chi connectivity index (χ1n) is 7.97. The van der Waals surface area contributed by atoms with E-state index in [0.29, 0.717) is 19.2 Å². The quantitative estimate of drug-likeness (QED) is 0.815. The van der Waals surface area contributed by atoms with Crippen molar-refractivity contribution in [3.05, 3.63) is 29.6 Å². The molecule has 4 heteroatoms. The summed E-state index contributed by atoms with van der Waals surface area (Å²) in [5.74, 6) is -0.102. The van der Waals surface area contributed by atoms with Crippen molar-refractivity contribution >= 4 is 5.69 Å². The SMILES string of the molecule is COCCNCc1ccc(N2CCCCCC2C)c(F)c1. The summed E-state index contributed by atoms with van der Waals surface area (Å²) in [5, 5.41) is 3.24. The van der Waals surface area contributed by atoms with E-state index in [1.165, 1.54) is 12.8 Å². The summed E-state index contributed by atoms with van der Waals surface area (Å²) in [5.41, 5.74) is 1.74. The van der Waals surface area contributed by atoms with Gasteiger partial charge in [0.1, 0.15) is 5.82 Å². The van der Waals surface area contributed by atoms with Gasteiger partial charge < -0.3 is 15.0 Å². The Morgan fingerprint density at radius 1 is 1.33 bits per heavy atom. The van der Waals surface area contributed by atoms with Crippen LogP contribution in [0.2, 0.25) is 0 Å². The Labute approximate surface area is 127 Å². The molecule has 1 aliphatic heterocycles. The molecule has 1 aliphatic rings. The van der Waals surface area contributed by atoms with Crippen molar-refractivity contribution in [1.29, 1.82) is 0 Å². The molecule has 0 amide bonds. The maximum absolute atomic E-state index is 14.4. The van der Waals surface area contributed by atoms with E-state index in [1.54, 1.807) is 13.2 Å². The molecule has 1 unspecified atom stereocenters. The third kappa shape index (κ3) is 4.68. The van der Waals surface area contributed by atoms with Crippen LogP contribution in [0.4, 0.5) is 10.1 Å². The van der Waals surface area contributed by atoms with E-state index in [9.17, 15) is 4.39 Å². The monoisotopic (exact) mass is 294 g/mol. The van der Waals surface area contributed by atoms with Gasteiger partial charge in [-0.3, -0.25) is 0 Å². The summed E-state index contributed by atoms with van der Waals surface area (Å²) in [4.78, 5) is 2.23. The fourth-order valence-corrected chi connectivity index (χ4v) is 2.93. The number of rotatable bonds is 6. The van der Waals surface area contributed by atoms with Crippen LogP contribution in [0, 0.1) is 5.82 Å². The van der Waals surface area contributed by atoms with Gasteiger partial charge in [0.25, 0.3) is 0 Å². The predicted octanol–water partition coefficient (Wildman–Crippen LogP) is 3.33. The van der Waals surface area contributed by atoms with Gasteiger partial charge in [-0.1, -0.05) is 18.9 Å². The Kier molecular flexibility index (Phi) is 6.46. The molecule has 1 aromatic carbocycles. The van der Waals surface area contributed by atoms with Crippen molar-refractivity contribution in [2.24, 2.45) is 0 Å². The standard InChI is InChI=1S/C17H27FN2O/c1-14-6-4-3-5-10-20(14)17-8-7-15(12-16(17)18)13-19-9-11-21-2/h7-8,12,14,19H,3-6,9-11,13H2,1-2H3. The zero-order valence-electron chi connectivity index (χ0n) is 13.2. The Balaban J connectivity index is 2.00. The van der Waals surface area contributed by atoms with Crippen LogP contribution in [0.5, 0.6) is 0 Å². The number of anilines is 1. The highest BCUT2D eigenvalue weighted by atomic mass is 19.1. The number of methoxy groups -OCH3 is 1. The second-order valence-corrected chi connectivity index (χ2v) is 5.85. The lowest BCUT2D eigenvalue weighted by Crippen LogP contribution is -2.33. The lowest BCUT2D eigenvalue weighted by Gasteiger charge is -2.30. The number of nitrogens with one attached hydrogen (secondary N) is 1. The van der Waals surface area contributed by atoms with Crippen molar-refractivity contribution in [2.45, 2.75) is 45.2 Å². The molecule has 3 nitrogen and oxygen atoms in total. The summed E-state index contributed by atoms with van der Waals surface area (Å²) in [6.45, 7) is 5.29. The van der Waals surface area contributed by atoms with Crippen LogP contribution in [0.1, 0.15) is 38.2 Å². The van der Waals surface area contributed by atoms with Gasteiger partial charge >= 0.3 is 0 Å². The summed E-state index contributed by atoms with van der Waals surface area (Å²) in [6, 6.07) is 6.04. The fourth-order valence-electron chi connectivity index (χ4n) is 2.93. The molecule has 0 aromatic heterocycles. The Hall–Kier alpha value is -1.13. The largest absolute Gasteiger partial charge is 0.383 e. The molecule has 0 spiro atoms. The van der Waals surface area contributed by atoms with Crippen LogP contribution in [0.25, 0.3) is 0 Å². The molecule has 1 aromatic rings. The highest BCUT2D eigenvalue weighted by molar-refractivity contribution is 5.50. The average molecular weight is 294 g/mol. The molecular formula is C17H27FN2O. The van der Waals surface area contributed by atoms with E-state index in [1.807, 2.05) is 12.1 Å². The molecule has 0 radical (unpaired) electrons. The van der Waals surface area contributed by atoms with E-state index < -0.39 is 0 Å². The fraction of sp³-hybridized carbons (Fsp3) is 0.647. The van der Waals surface area contributed by atoms with Crippen molar-refractivity contribution in [3.63, 3.8) is 0 Å². The van der Waals surface area contributed by atoms with Crippen LogP contribution in [0.15, 0.2) is 18.2 Å². The molecule has 2 rings (SSSR count). The molecule has 1 heterocycles. The highest BCUT2D eigenvalue weighted by Crippen LogP contribution is 2.27. The van der Waals surface area contributed by atoms with E-state index >= 15 is 0 Å². The van der Waals surface area contributed by atoms with Gasteiger partial charge in [0.2, 0.25) is 0 Å². The van der Waals surface area contributed by atoms with Crippen LogP contribution in [-0.2, 0) is 11.3 Å². The van der Waals surface area contributed by atoms with Gasteiger partial charge in [0.05, 0.1) is 12.3 Å². The summed E-state index contributed by atoms with van der Waals surface area (Å²) >= 11 is 0. The first-order valence-corrected chi connectivity index (χ1v) is 7.97. The van der Waals surface area contributed by atoms with Crippen molar-refractivity contribution in [1.82, 2.24) is 5.32 Å². The van der Waals surface area contributed by atoms with E-state index in [-0.39, 0.29) is 5.82 Å². The number of benzene rings is 1. The Bertz CT molecular complexity index is 439. The Morgan fingerprint density at radius 3 is 2.95 bits per heavy atom. The smallest absolute Gasteiger partial charge is 0.146 e. The molecule has 118 valence electrons. The van der Waals surface area contributed by atoms with Gasteiger partial charge in [0.15, 0.2) is 0 Å². The van der Waals surface area contributed by atoms with Crippen molar-refractivity contribution in [3.8, 4) is 0 Å². The lowest BCUT2D eigenvalue weighted by molar-refractivity contribution is 0.199. The normalized spacial score (nSPS) is 19.6. The van der Waals surface area contributed by atoms with Crippen LogP contribution in [-0.4, -0.2) is 32.8 Å². The molecule has 0 aliphatic carbocycles. The second kappa shape index (κ2) is 8.35. The van der Waals surface area contributed by atoms with Gasteiger partial charge in [-0.05, 0) is 37.5 Å². The van der Waals surface area contributed by atoms with Gasteiger partial charge in [-0.25, -0.2) is 4.39 Å². The van der Waals surface area contributed by atoms with Crippen molar-refractivity contribution < 1.29 is 9.13 Å². The topological polar surface area (TPSA) is 24.5 Å². The molecule has 1 fully saturated rings. The Morgan fingerprint density at radius 2 is 2.19 bits per heavy atom. The van der Waals surface area contributed by atoms with E-state index in [4.69, 9.17) is 4.74 Å². The van der Waals surface area contributed by atoms with Crippen LogP contribution in [0.3, 0.4) is 0 Å². The first kappa shape index (κ1) is 16.2. The minimum Gasteiger partial charge on any atom is -0.383 e. The van der Waals surface area contributed by atoms with Gasteiger partial charge in [-0.2, -0.15) is 0 Å². The molecule has 21 heavy (non-hydrogen) atoms. The predicted molar refractivity (Wildman–Crippen MR) is 85.3 cm³/mol. The zero-order valence-corrected chi connectivity index (χ0v) is 13.2. The summed E-state index contributed by atoms with van der Waals surface area (Å²) in [7, 11) is 1.68. The van der Waals surface area contributed by atoms with Gasteiger partial charge in [0, 0.05) is 32.8 Å². The first-order chi connectivity index (χ1) is 10.2. The van der Waals surface area contributed by atoms with E-state index in [0.717, 1.165) is 37.2 Å². The molecule has 1 N–H and O–H groups in total. The average Bonchev–Trinajstić information content (AvgIpc) is 2.69. The summed E-state index contributed by atoms with van der Waals surface area (Å²) < 4.78 is 19.4. The van der Waals surface area contributed by atoms with Crippen LogP contribution >= 0.6 is 0 Å². The molecular weight excluding hydrogens is 267 g/mol. The number of halogens is 1. The number of ether oxygens (including phenoxy) is 1. The van der Waals surface area contributed by atoms with Gasteiger partial charge in [-0.15, -0.1) is 0 Å². The third-order valence-electron chi connectivity index (χ3n) is 4.19. The molecule has 0 saturated carbocycles. The molecule has 1 atom stereocenters. The lowest BCUT2D eigenvalue weighted by atomic mass is 10.1. The molecule has 1 saturated heterocycles. The molecule has 0 bridgehead atoms. The minimum atomic E-state index is -0.102.